The molecule has 1 heterocycles. The fourth-order valence-electron chi connectivity index (χ4n) is 3.21. The van der Waals surface area contributed by atoms with E-state index in [0.717, 1.165) is 24.8 Å². The maximum Gasteiger partial charge on any atom is 0.183 e. The Labute approximate surface area is 145 Å². The summed E-state index contributed by atoms with van der Waals surface area (Å²) in [4.78, 5) is 4.61. The van der Waals surface area contributed by atoms with Crippen molar-refractivity contribution < 1.29 is 4.74 Å². The number of ether oxygens (including phenoxy) is 1. The minimum absolute atomic E-state index is 0.0180. The van der Waals surface area contributed by atoms with Gasteiger partial charge in [-0.05, 0) is 26.2 Å². The molecule has 0 bridgehead atoms. The molecule has 23 heavy (non-hydrogen) atoms. The number of hydrogen-bond acceptors (Lipinski definition) is 2. The molecule has 2 nitrogen and oxygen atoms in total. The van der Waals surface area contributed by atoms with Crippen LogP contribution >= 0.6 is 0 Å². The molecule has 1 aliphatic heterocycles. The average molecular weight is 324 g/mol. The molecule has 0 unspecified atom stereocenters. The van der Waals surface area contributed by atoms with Crippen molar-refractivity contribution >= 4 is 5.90 Å². The van der Waals surface area contributed by atoms with E-state index in [4.69, 9.17) is 4.74 Å². The van der Waals surface area contributed by atoms with Crippen LogP contribution in [0.1, 0.15) is 111 Å². The van der Waals surface area contributed by atoms with E-state index in [-0.39, 0.29) is 5.54 Å². The van der Waals surface area contributed by atoms with Crippen LogP contribution in [0.4, 0.5) is 0 Å². The van der Waals surface area contributed by atoms with Crippen LogP contribution in [0.3, 0.4) is 0 Å². The van der Waals surface area contributed by atoms with Crippen LogP contribution in [0, 0.1) is 5.92 Å². The molecule has 0 N–H and O–H groups in total. The number of hydrogen-bond donors (Lipinski definition) is 0. The maximum atomic E-state index is 5.63. The van der Waals surface area contributed by atoms with Crippen LogP contribution in [0.2, 0.25) is 0 Å². The lowest BCUT2D eigenvalue weighted by Crippen LogP contribution is -2.17. The molecule has 0 saturated heterocycles. The summed E-state index contributed by atoms with van der Waals surface area (Å²) >= 11 is 0. The molecule has 0 radical (unpaired) electrons. The van der Waals surface area contributed by atoms with Gasteiger partial charge in [-0.15, -0.1) is 0 Å². The Balaban J connectivity index is 1.77. The first-order valence-electron chi connectivity index (χ1n) is 10.2. The number of unbranched alkanes of at least 4 members (excludes halogenated alkanes) is 10. The summed E-state index contributed by atoms with van der Waals surface area (Å²) in [6.45, 7) is 9.71. The third-order valence-corrected chi connectivity index (χ3v) is 4.69. The van der Waals surface area contributed by atoms with Crippen molar-refractivity contribution in [3.05, 3.63) is 0 Å². The molecule has 0 atom stereocenters. The van der Waals surface area contributed by atoms with Gasteiger partial charge in [0.1, 0.15) is 6.61 Å². The van der Waals surface area contributed by atoms with Gasteiger partial charge in [-0.25, -0.2) is 4.99 Å². The molecule has 1 rings (SSSR count). The van der Waals surface area contributed by atoms with E-state index < -0.39 is 0 Å². The van der Waals surface area contributed by atoms with Crippen LogP contribution in [0.15, 0.2) is 4.99 Å². The first kappa shape index (κ1) is 20.5. The van der Waals surface area contributed by atoms with Gasteiger partial charge in [0.15, 0.2) is 5.90 Å². The van der Waals surface area contributed by atoms with Gasteiger partial charge in [-0.2, -0.15) is 0 Å². The number of nitrogens with zero attached hydrogens (tertiary/aromatic N) is 1. The van der Waals surface area contributed by atoms with Gasteiger partial charge in [0.05, 0.1) is 5.54 Å². The molecule has 0 amide bonds. The first-order chi connectivity index (χ1) is 11.0. The van der Waals surface area contributed by atoms with Crippen molar-refractivity contribution in [1.82, 2.24) is 0 Å². The van der Waals surface area contributed by atoms with Crippen molar-refractivity contribution in [1.29, 1.82) is 0 Å². The summed E-state index contributed by atoms with van der Waals surface area (Å²) in [5.41, 5.74) is 0.0180. The Bertz CT molecular complexity index is 320. The summed E-state index contributed by atoms with van der Waals surface area (Å²) in [5.74, 6) is 1.88. The zero-order valence-corrected chi connectivity index (χ0v) is 16.3. The van der Waals surface area contributed by atoms with Crippen LogP contribution in [0.25, 0.3) is 0 Å². The smallest absolute Gasteiger partial charge is 0.183 e. The molecule has 0 saturated carbocycles. The van der Waals surface area contributed by atoms with Gasteiger partial charge < -0.3 is 4.74 Å². The Hall–Kier alpha value is -0.530. The molecule has 2 heteroatoms. The third-order valence-electron chi connectivity index (χ3n) is 4.69. The Morgan fingerprint density at radius 2 is 1.30 bits per heavy atom. The van der Waals surface area contributed by atoms with E-state index in [9.17, 15) is 0 Å². The van der Waals surface area contributed by atoms with Crippen LogP contribution in [-0.4, -0.2) is 18.0 Å². The fraction of sp³-hybridized carbons (Fsp3) is 0.952. The van der Waals surface area contributed by atoms with Gasteiger partial charge in [-0.1, -0.05) is 84.5 Å². The highest BCUT2D eigenvalue weighted by Gasteiger charge is 2.25. The molecule has 0 fully saturated rings. The van der Waals surface area contributed by atoms with E-state index in [2.05, 4.69) is 32.7 Å². The second-order valence-corrected chi connectivity index (χ2v) is 8.43. The molecule has 0 spiro atoms. The maximum absolute atomic E-state index is 5.63. The van der Waals surface area contributed by atoms with Gasteiger partial charge in [0.25, 0.3) is 0 Å². The van der Waals surface area contributed by atoms with Crippen molar-refractivity contribution in [3.8, 4) is 0 Å². The number of rotatable bonds is 14. The predicted octanol–water partition coefficient (Wildman–Crippen LogP) is 6.92. The summed E-state index contributed by atoms with van der Waals surface area (Å²) in [6.07, 6.45) is 17.9. The van der Waals surface area contributed by atoms with Gasteiger partial charge in [-0.3, -0.25) is 0 Å². The van der Waals surface area contributed by atoms with Crippen LogP contribution in [0.5, 0.6) is 0 Å². The second-order valence-electron chi connectivity index (χ2n) is 8.43. The highest BCUT2D eigenvalue weighted by atomic mass is 16.5. The quantitative estimate of drug-likeness (QED) is 0.318. The predicted molar refractivity (Wildman–Crippen MR) is 102 cm³/mol. The average Bonchev–Trinajstić information content (AvgIpc) is 2.83. The highest BCUT2D eigenvalue weighted by molar-refractivity contribution is 5.78. The summed E-state index contributed by atoms with van der Waals surface area (Å²) in [5, 5.41) is 0. The summed E-state index contributed by atoms with van der Waals surface area (Å²) < 4.78 is 5.63. The zero-order valence-electron chi connectivity index (χ0n) is 16.3. The van der Waals surface area contributed by atoms with Gasteiger partial charge >= 0.3 is 0 Å². The first-order valence-corrected chi connectivity index (χ1v) is 10.2. The lowest BCUT2D eigenvalue weighted by molar-refractivity contribution is 0.273. The Morgan fingerprint density at radius 1 is 0.826 bits per heavy atom. The topological polar surface area (TPSA) is 21.6 Å². The SMILES string of the molecule is CC(C)CCCCCCCCCCCCCC1=NC(C)(C)CO1. The monoisotopic (exact) mass is 323 g/mol. The lowest BCUT2D eigenvalue weighted by atomic mass is 10.0. The van der Waals surface area contributed by atoms with Gasteiger partial charge in [0, 0.05) is 6.42 Å². The van der Waals surface area contributed by atoms with E-state index in [1.807, 2.05) is 0 Å². The molecule has 0 aromatic heterocycles. The summed E-state index contributed by atoms with van der Waals surface area (Å²) in [7, 11) is 0. The van der Waals surface area contributed by atoms with E-state index in [0.29, 0.717) is 0 Å². The van der Waals surface area contributed by atoms with E-state index in [1.165, 1.54) is 77.0 Å². The lowest BCUT2D eigenvalue weighted by Gasteiger charge is -2.07. The Morgan fingerprint density at radius 3 is 1.74 bits per heavy atom. The largest absolute Gasteiger partial charge is 0.478 e. The van der Waals surface area contributed by atoms with Gasteiger partial charge in [0.2, 0.25) is 0 Å². The molecule has 1 aliphatic rings. The fourth-order valence-corrected chi connectivity index (χ4v) is 3.21. The zero-order chi connectivity index (χ0) is 17.0. The number of aliphatic imine (C=N–C) groups is 1. The minimum atomic E-state index is 0.0180. The highest BCUT2D eigenvalue weighted by Crippen LogP contribution is 2.20. The normalized spacial score (nSPS) is 16.7. The Kier molecular flexibility index (Phi) is 10.6. The second kappa shape index (κ2) is 11.9. The molecule has 0 aromatic carbocycles. The van der Waals surface area contributed by atoms with Crippen molar-refractivity contribution in [2.75, 3.05) is 6.61 Å². The summed E-state index contributed by atoms with van der Waals surface area (Å²) in [6, 6.07) is 0. The molecular weight excluding hydrogens is 282 g/mol. The van der Waals surface area contributed by atoms with Crippen LogP contribution < -0.4 is 0 Å². The van der Waals surface area contributed by atoms with E-state index >= 15 is 0 Å². The van der Waals surface area contributed by atoms with Crippen molar-refractivity contribution in [3.63, 3.8) is 0 Å². The van der Waals surface area contributed by atoms with Crippen molar-refractivity contribution in [2.24, 2.45) is 10.9 Å². The molecule has 0 aliphatic carbocycles. The molecule has 0 aromatic rings. The standard InChI is InChI=1S/C21H41NO/c1-19(2)16-14-12-10-8-6-5-7-9-11-13-15-17-20-22-21(3,4)18-23-20/h19H,5-18H2,1-4H3. The minimum Gasteiger partial charge on any atom is -0.478 e. The van der Waals surface area contributed by atoms with Crippen molar-refractivity contribution in [2.45, 2.75) is 117 Å². The molecular formula is C21H41NO. The van der Waals surface area contributed by atoms with E-state index in [1.54, 1.807) is 0 Å². The van der Waals surface area contributed by atoms with Crippen LogP contribution in [-0.2, 0) is 4.74 Å². The molecule has 136 valence electrons. The third kappa shape index (κ3) is 11.6.